The molecule has 19 heavy (non-hydrogen) atoms. The molecule has 1 aromatic carbocycles. The number of aliphatic hydroxyl groups is 1. The highest BCUT2D eigenvalue weighted by Gasteiger charge is 2.26. The Balaban J connectivity index is 1.94. The van der Waals surface area contributed by atoms with Crippen molar-refractivity contribution in [2.45, 2.75) is 25.6 Å². The molecule has 0 amide bonds. The van der Waals surface area contributed by atoms with Gasteiger partial charge in [0.05, 0.1) is 25.9 Å². The number of methoxy groups -OCH3 is 1. The zero-order chi connectivity index (χ0) is 13.7. The van der Waals surface area contributed by atoms with Crippen molar-refractivity contribution in [3.8, 4) is 5.75 Å². The first kappa shape index (κ1) is 14.3. The molecule has 1 saturated heterocycles. The van der Waals surface area contributed by atoms with Gasteiger partial charge in [-0.25, -0.2) is 0 Å². The molecule has 106 valence electrons. The van der Waals surface area contributed by atoms with Crippen LogP contribution in [0.3, 0.4) is 0 Å². The highest BCUT2D eigenvalue weighted by Crippen LogP contribution is 2.17. The summed E-state index contributed by atoms with van der Waals surface area (Å²) in [6.45, 7) is 5.61. The van der Waals surface area contributed by atoms with E-state index < -0.39 is 6.10 Å². The normalized spacial score (nSPS) is 22.2. The van der Waals surface area contributed by atoms with Gasteiger partial charge in [-0.15, -0.1) is 0 Å². The number of rotatable bonds is 5. The van der Waals surface area contributed by atoms with Gasteiger partial charge in [0.2, 0.25) is 0 Å². The Morgan fingerprint density at radius 1 is 1.53 bits per heavy atom. The van der Waals surface area contributed by atoms with Crippen LogP contribution in [0.25, 0.3) is 0 Å². The quantitative estimate of drug-likeness (QED) is 0.872. The summed E-state index contributed by atoms with van der Waals surface area (Å²) in [6, 6.07) is 7.82. The minimum absolute atomic E-state index is 0.0973. The molecule has 1 fully saturated rings. The third kappa shape index (κ3) is 3.93. The molecule has 2 unspecified atom stereocenters. The molecule has 2 rings (SSSR count). The van der Waals surface area contributed by atoms with Crippen molar-refractivity contribution in [2.75, 3.05) is 33.4 Å². The summed E-state index contributed by atoms with van der Waals surface area (Å²) in [5, 5.41) is 10.3. The van der Waals surface area contributed by atoms with Gasteiger partial charge < -0.3 is 14.6 Å². The Bertz CT molecular complexity index is 397. The van der Waals surface area contributed by atoms with E-state index in [0.29, 0.717) is 13.0 Å². The molecule has 2 atom stereocenters. The van der Waals surface area contributed by atoms with Gasteiger partial charge in [-0.1, -0.05) is 19.1 Å². The highest BCUT2D eigenvalue weighted by molar-refractivity contribution is 5.28. The lowest BCUT2D eigenvalue weighted by molar-refractivity contribution is -0.0867. The molecule has 1 aliphatic rings. The van der Waals surface area contributed by atoms with E-state index in [1.165, 1.54) is 0 Å². The predicted molar refractivity (Wildman–Crippen MR) is 74.6 cm³/mol. The zero-order valence-corrected chi connectivity index (χ0v) is 11.7. The average Bonchev–Trinajstić information content (AvgIpc) is 2.47. The fraction of sp³-hybridized carbons (Fsp3) is 0.600. The zero-order valence-electron chi connectivity index (χ0n) is 11.7. The van der Waals surface area contributed by atoms with E-state index in [4.69, 9.17) is 9.47 Å². The van der Waals surface area contributed by atoms with E-state index in [2.05, 4.69) is 11.8 Å². The number of likely N-dealkylation sites (N-methyl/N-ethyl adjacent to an activating group) is 1. The van der Waals surface area contributed by atoms with Crippen molar-refractivity contribution in [3.63, 3.8) is 0 Å². The summed E-state index contributed by atoms with van der Waals surface area (Å²) in [5.74, 6) is 0.824. The molecule has 4 nitrogen and oxygen atoms in total. The van der Waals surface area contributed by atoms with Gasteiger partial charge in [0.25, 0.3) is 0 Å². The Labute approximate surface area is 114 Å². The molecule has 0 spiro atoms. The van der Waals surface area contributed by atoms with Crippen LogP contribution in [0.2, 0.25) is 0 Å². The molecule has 0 aromatic heterocycles. The van der Waals surface area contributed by atoms with Crippen LogP contribution in [0.1, 0.15) is 12.5 Å². The minimum atomic E-state index is -0.471. The molecule has 1 N–H and O–H groups in total. The monoisotopic (exact) mass is 265 g/mol. The highest BCUT2D eigenvalue weighted by atomic mass is 16.5. The van der Waals surface area contributed by atoms with Crippen LogP contribution in [0, 0.1) is 0 Å². The van der Waals surface area contributed by atoms with Crippen molar-refractivity contribution in [3.05, 3.63) is 29.8 Å². The second-order valence-corrected chi connectivity index (χ2v) is 4.93. The van der Waals surface area contributed by atoms with E-state index in [1.807, 2.05) is 24.3 Å². The van der Waals surface area contributed by atoms with Crippen molar-refractivity contribution in [1.29, 1.82) is 0 Å². The first-order valence-corrected chi connectivity index (χ1v) is 6.88. The van der Waals surface area contributed by atoms with E-state index >= 15 is 0 Å². The SMILES string of the molecule is CCN1CCOC(C(O)Cc2cccc(OC)c2)C1. The molecule has 4 heteroatoms. The average molecular weight is 265 g/mol. The predicted octanol–water partition coefficient (Wildman–Crippen LogP) is 1.32. The summed E-state index contributed by atoms with van der Waals surface area (Å²) in [5.41, 5.74) is 1.07. The lowest BCUT2D eigenvalue weighted by atomic mass is 10.0. The second-order valence-electron chi connectivity index (χ2n) is 4.93. The first-order valence-electron chi connectivity index (χ1n) is 6.88. The van der Waals surface area contributed by atoms with Gasteiger partial charge in [-0.3, -0.25) is 4.90 Å². The summed E-state index contributed by atoms with van der Waals surface area (Å²) >= 11 is 0. The third-order valence-electron chi connectivity index (χ3n) is 3.63. The molecular formula is C15H23NO3. The van der Waals surface area contributed by atoms with Crippen molar-refractivity contribution >= 4 is 0 Å². The molecule has 0 radical (unpaired) electrons. The van der Waals surface area contributed by atoms with Gasteiger partial charge in [-0.05, 0) is 24.2 Å². The van der Waals surface area contributed by atoms with Crippen LogP contribution in [-0.2, 0) is 11.2 Å². The number of benzene rings is 1. The molecule has 1 heterocycles. The molecule has 0 bridgehead atoms. The van der Waals surface area contributed by atoms with Gasteiger partial charge >= 0.3 is 0 Å². The summed E-state index contributed by atoms with van der Waals surface area (Å²) < 4.78 is 10.9. The maximum Gasteiger partial charge on any atom is 0.119 e. The van der Waals surface area contributed by atoms with E-state index in [1.54, 1.807) is 7.11 Å². The maximum absolute atomic E-state index is 10.3. The maximum atomic E-state index is 10.3. The first-order chi connectivity index (χ1) is 9.22. The molecule has 0 saturated carbocycles. The molecule has 1 aliphatic heterocycles. The topological polar surface area (TPSA) is 41.9 Å². The van der Waals surface area contributed by atoms with Crippen molar-refractivity contribution < 1.29 is 14.6 Å². The van der Waals surface area contributed by atoms with Crippen LogP contribution < -0.4 is 4.74 Å². The van der Waals surface area contributed by atoms with Crippen LogP contribution >= 0.6 is 0 Å². The summed E-state index contributed by atoms with van der Waals surface area (Å²) in [7, 11) is 1.65. The molecular weight excluding hydrogens is 242 g/mol. The Hall–Kier alpha value is -1.10. The number of aliphatic hydroxyl groups excluding tert-OH is 1. The standard InChI is InChI=1S/C15H23NO3/c1-3-16-7-8-19-15(11-16)14(17)10-12-5-4-6-13(9-12)18-2/h4-6,9,14-15,17H,3,7-8,10-11H2,1-2H3. The van der Waals surface area contributed by atoms with Crippen LogP contribution in [0.5, 0.6) is 5.75 Å². The van der Waals surface area contributed by atoms with Crippen LogP contribution in [0.4, 0.5) is 0 Å². The lowest BCUT2D eigenvalue weighted by Gasteiger charge is -2.34. The Morgan fingerprint density at radius 2 is 2.37 bits per heavy atom. The van der Waals surface area contributed by atoms with Gasteiger partial charge in [0, 0.05) is 19.5 Å². The number of morpholine rings is 1. The smallest absolute Gasteiger partial charge is 0.119 e. The number of hydrogen-bond donors (Lipinski definition) is 1. The van der Waals surface area contributed by atoms with Gasteiger partial charge in [0.15, 0.2) is 0 Å². The number of ether oxygens (including phenoxy) is 2. The van der Waals surface area contributed by atoms with Crippen molar-refractivity contribution in [1.82, 2.24) is 4.90 Å². The van der Waals surface area contributed by atoms with E-state index in [0.717, 1.165) is 30.9 Å². The van der Waals surface area contributed by atoms with E-state index in [9.17, 15) is 5.11 Å². The second kappa shape index (κ2) is 6.89. The van der Waals surface area contributed by atoms with Gasteiger partial charge in [0.1, 0.15) is 5.75 Å². The van der Waals surface area contributed by atoms with Crippen LogP contribution in [0.15, 0.2) is 24.3 Å². The molecule has 1 aromatic rings. The summed E-state index contributed by atoms with van der Waals surface area (Å²) in [6.07, 6.45) is 0.0285. The fourth-order valence-electron chi connectivity index (χ4n) is 2.42. The third-order valence-corrected chi connectivity index (χ3v) is 3.63. The Morgan fingerprint density at radius 3 is 3.11 bits per heavy atom. The Kier molecular flexibility index (Phi) is 5.19. The largest absolute Gasteiger partial charge is 0.497 e. The minimum Gasteiger partial charge on any atom is -0.497 e. The number of nitrogens with zero attached hydrogens (tertiary/aromatic N) is 1. The lowest BCUT2D eigenvalue weighted by Crippen LogP contribution is -2.48. The van der Waals surface area contributed by atoms with Gasteiger partial charge in [-0.2, -0.15) is 0 Å². The van der Waals surface area contributed by atoms with Crippen LogP contribution in [-0.4, -0.2) is 55.6 Å². The fourth-order valence-corrected chi connectivity index (χ4v) is 2.42. The molecule has 0 aliphatic carbocycles. The summed E-state index contributed by atoms with van der Waals surface area (Å²) in [4.78, 5) is 2.31. The van der Waals surface area contributed by atoms with E-state index in [-0.39, 0.29) is 6.10 Å². The number of hydrogen-bond acceptors (Lipinski definition) is 4. The van der Waals surface area contributed by atoms with Crippen molar-refractivity contribution in [2.24, 2.45) is 0 Å².